The number of nitrogens with zero attached hydrogens (tertiary/aromatic N) is 4. The van der Waals surface area contributed by atoms with Gasteiger partial charge in [-0.3, -0.25) is 4.79 Å². The lowest BCUT2D eigenvalue weighted by Gasteiger charge is -2.23. The van der Waals surface area contributed by atoms with E-state index in [1.54, 1.807) is 6.20 Å². The third kappa shape index (κ3) is 3.02. The summed E-state index contributed by atoms with van der Waals surface area (Å²) >= 11 is 0. The van der Waals surface area contributed by atoms with Crippen LogP contribution in [0, 0.1) is 5.82 Å². The highest BCUT2D eigenvalue weighted by atomic mass is 19.1. The Morgan fingerprint density at radius 1 is 1.52 bits per heavy atom. The predicted molar refractivity (Wildman–Crippen MR) is 78.4 cm³/mol. The molecule has 1 fully saturated rings. The number of rotatable bonds is 4. The highest BCUT2D eigenvalue weighted by Crippen LogP contribution is 2.28. The highest BCUT2D eigenvalue weighted by molar-refractivity contribution is 5.97. The lowest BCUT2D eigenvalue weighted by atomic mass is 10.0. The smallest absolute Gasteiger partial charge is 0.260 e. The first kappa shape index (κ1) is 15.4. The number of carbonyl (C=O) groups is 1. The van der Waals surface area contributed by atoms with Gasteiger partial charge in [-0.15, -0.1) is 5.10 Å². The monoisotopic (exact) mass is 320 g/mol. The van der Waals surface area contributed by atoms with E-state index in [2.05, 4.69) is 10.3 Å². The molecule has 1 amide bonds. The number of amides is 1. The first-order valence-electron chi connectivity index (χ1n) is 7.21. The van der Waals surface area contributed by atoms with Crippen molar-refractivity contribution in [2.24, 2.45) is 0 Å². The summed E-state index contributed by atoms with van der Waals surface area (Å²) in [6.45, 7) is 0.663. The van der Waals surface area contributed by atoms with Gasteiger partial charge >= 0.3 is 0 Å². The van der Waals surface area contributed by atoms with Crippen LogP contribution < -0.4 is 4.74 Å². The van der Waals surface area contributed by atoms with Crippen LogP contribution in [0.2, 0.25) is 0 Å². The van der Waals surface area contributed by atoms with Crippen molar-refractivity contribution in [2.45, 2.75) is 18.6 Å². The molecule has 0 saturated carbocycles. The number of halogens is 1. The number of methoxy groups -OCH3 is 1. The topological polar surface area (TPSA) is 80.5 Å². The van der Waals surface area contributed by atoms with E-state index in [9.17, 15) is 14.3 Å². The molecule has 1 unspecified atom stereocenters. The fourth-order valence-electron chi connectivity index (χ4n) is 2.82. The fraction of sp³-hybridized carbons (Fsp3) is 0.400. The van der Waals surface area contributed by atoms with Crippen molar-refractivity contribution in [1.29, 1.82) is 0 Å². The second-order valence-corrected chi connectivity index (χ2v) is 5.62. The Balaban J connectivity index is 1.78. The molecule has 1 aromatic carbocycles. The van der Waals surface area contributed by atoms with Crippen LogP contribution >= 0.6 is 0 Å². The molecule has 122 valence electrons. The van der Waals surface area contributed by atoms with Crippen molar-refractivity contribution < 1.29 is 19.0 Å². The van der Waals surface area contributed by atoms with E-state index in [0.717, 1.165) is 0 Å². The van der Waals surface area contributed by atoms with Gasteiger partial charge in [-0.05, 0) is 18.6 Å². The van der Waals surface area contributed by atoms with E-state index in [1.165, 1.54) is 41.1 Å². The fourth-order valence-corrected chi connectivity index (χ4v) is 2.82. The first-order valence-corrected chi connectivity index (χ1v) is 7.21. The zero-order chi connectivity index (χ0) is 16.4. The van der Waals surface area contributed by atoms with Crippen LogP contribution in [0.15, 0.2) is 30.6 Å². The maximum absolute atomic E-state index is 14.0. The minimum Gasteiger partial charge on any atom is -0.496 e. The van der Waals surface area contributed by atoms with Crippen molar-refractivity contribution >= 4 is 5.91 Å². The SMILES string of the molecule is COc1cccc(F)c1C(=O)N1CCC(O)(Cn2ccnn2)C1. The molecule has 2 aromatic rings. The zero-order valence-electron chi connectivity index (χ0n) is 12.6. The normalized spacial score (nSPS) is 20.7. The summed E-state index contributed by atoms with van der Waals surface area (Å²) < 4.78 is 20.6. The molecule has 1 saturated heterocycles. The minimum absolute atomic E-state index is 0.100. The number of carbonyl (C=O) groups excluding carboxylic acids is 1. The van der Waals surface area contributed by atoms with Gasteiger partial charge in [0, 0.05) is 12.7 Å². The first-order chi connectivity index (χ1) is 11.0. The summed E-state index contributed by atoms with van der Waals surface area (Å²) in [6.07, 6.45) is 3.54. The molecule has 0 aliphatic carbocycles. The van der Waals surface area contributed by atoms with Gasteiger partial charge in [-0.2, -0.15) is 0 Å². The molecule has 3 rings (SSSR count). The molecule has 2 heterocycles. The number of aromatic nitrogens is 3. The Bertz CT molecular complexity index is 707. The summed E-state index contributed by atoms with van der Waals surface area (Å²) in [5.74, 6) is -0.947. The molecule has 0 radical (unpaired) electrons. The molecule has 1 aliphatic rings. The molecule has 1 aromatic heterocycles. The van der Waals surface area contributed by atoms with E-state index < -0.39 is 17.3 Å². The molecule has 1 aliphatic heterocycles. The number of hydrogen-bond donors (Lipinski definition) is 1. The molecule has 1 atom stereocenters. The lowest BCUT2D eigenvalue weighted by molar-refractivity contribution is 0.0265. The molecular weight excluding hydrogens is 303 g/mol. The number of β-amino-alcohol motifs (C(OH)–C–C–N with tert-alkyl or cyclic N) is 1. The third-order valence-electron chi connectivity index (χ3n) is 3.96. The highest BCUT2D eigenvalue weighted by Gasteiger charge is 2.40. The molecule has 23 heavy (non-hydrogen) atoms. The Hall–Kier alpha value is -2.48. The second-order valence-electron chi connectivity index (χ2n) is 5.62. The number of ether oxygens (including phenoxy) is 1. The van der Waals surface area contributed by atoms with Crippen molar-refractivity contribution in [3.63, 3.8) is 0 Å². The second kappa shape index (κ2) is 5.96. The number of likely N-dealkylation sites (tertiary alicyclic amines) is 1. The van der Waals surface area contributed by atoms with E-state index in [0.29, 0.717) is 13.0 Å². The van der Waals surface area contributed by atoms with Crippen LogP contribution in [-0.4, -0.2) is 56.7 Å². The van der Waals surface area contributed by atoms with E-state index >= 15 is 0 Å². The summed E-state index contributed by atoms with van der Waals surface area (Å²) in [4.78, 5) is 14.0. The Labute approximate surface area is 132 Å². The largest absolute Gasteiger partial charge is 0.496 e. The molecule has 8 heteroatoms. The summed E-state index contributed by atoms with van der Waals surface area (Å²) in [7, 11) is 1.39. The van der Waals surface area contributed by atoms with Crippen LogP contribution in [0.5, 0.6) is 5.75 Å². The average molecular weight is 320 g/mol. The zero-order valence-corrected chi connectivity index (χ0v) is 12.6. The summed E-state index contributed by atoms with van der Waals surface area (Å²) in [6, 6.07) is 4.23. The van der Waals surface area contributed by atoms with Gasteiger partial charge in [-0.25, -0.2) is 9.07 Å². The van der Waals surface area contributed by atoms with Crippen LogP contribution in [0.4, 0.5) is 4.39 Å². The van der Waals surface area contributed by atoms with E-state index in [4.69, 9.17) is 4.74 Å². The molecule has 7 nitrogen and oxygen atoms in total. The Morgan fingerprint density at radius 2 is 2.35 bits per heavy atom. The molecule has 0 bridgehead atoms. The average Bonchev–Trinajstić information content (AvgIpc) is 3.16. The van der Waals surface area contributed by atoms with Crippen LogP contribution in [0.1, 0.15) is 16.8 Å². The van der Waals surface area contributed by atoms with Gasteiger partial charge in [0.25, 0.3) is 5.91 Å². The van der Waals surface area contributed by atoms with Crippen molar-refractivity contribution in [3.05, 3.63) is 42.0 Å². The lowest BCUT2D eigenvalue weighted by Crippen LogP contribution is -2.39. The van der Waals surface area contributed by atoms with Gasteiger partial charge in [-0.1, -0.05) is 11.3 Å². The van der Waals surface area contributed by atoms with Crippen molar-refractivity contribution in [1.82, 2.24) is 19.9 Å². The van der Waals surface area contributed by atoms with Crippen LogP contribution in [-0.2, 0) is 6.54 Å². The van der Waals surface area contributed by atoms with Gasteiger partial charge in [0.05, 0.1) is 26.4 Å². The van der Waals surface area contributed by atoms with Crippen LogP contribution in [0.3, 0.4) is 0 Å². The molecule has 1 N–H and O–H groups in total. The van der Waals surface area contributed by atoms with Gasteiger partial charge in [0.1, 0.15) is 22.7 Å². The minimum atomic E-state index is -1.11. The van der Waals surface area contributed by atoms with Gasteiger partial charge in [0.15, 0.2) is 0 Å². The quantitative estimate of drug-likeness (QED) is 0.897. The van der Waals surface area contributed by atoms with Crippen molar-refractivity contribution in [3.8, 4) is 5.75 Å². The molecular formula is C15H17FN4O3. The maximum Gasteiger partial charge on any atom is 0.260 e. The van der Waals surface area contributed by atoms with Gasteiger partial charge in [0.2, 0.25) is 0 Å². The van der Waals surface area contributed by atoms with Gasteiger partial charge < -0.3 is 14.7 Å². The standard InChI is InChI=1S/C15H17FN4O3/c1-23-12-4-2-3-11(16)13(12)14(21)19-7-5-15(22,9-19)10-20-8-6-17-18-20/h2-4,6,8,22H,5,7,9-10H2,1H3. The Kier molecular flexibility index (Phi) is 3.99. The van der Waals surface area contributed by atoms with Crippen molar-refractivity contribution in [2.75, 3.05) is 20.2 Å². The predicted octanol–water partition coefficient (Wildman–Crippen LogP) is 0.703. The molecule has 0 spiro atoms. The Morgan fingerprint density at radius 3 is 3.04 bits per heavy atom. The van der Waals surface area contributed by atoms with E-state index in [-0.39, 0.29) is 24.4 Å². The summed E-state index contributed by atoms with van der Waals surface area (Å²) in [5.41, 5.74) is -1.22. The van der Waals surface area contributed by atoms with Crippen LogP contribution in [0.25, 0.3) is 0 Å². The number of aliphatic hydroxyl groups is 1. The summed E-state index contributed by atoms with van der Waals surface area (Å²) in [5, 5.41) is 18.1. The number of benzene rings is 1. The van der Waals surface area contributed by atoms with E-state index in [1.807, 2.05) is 0 Å². The number of hydrogen-bond acceptors (Lipinski definition) is 5. The third-order valence-corrected chi connectivity index (χ3v) is 3.96. The maximum atomic E-state index is 14.0.